The zero-order chi connectivity index (χ0) is 14.4. The van der Waals surface area contributed by atoms with Gasteiger partial charge in [0.15, 0.2) is 6.04 Å². The Morgan fingerprint density at radius 3 is 2.35 bits per heavy atom. The molecule has 1 aliphatic carbocycles. The Labute approximate surface area is 118 Å². The summed E-state index contributed by atoms with van der Waals surface area (Å²) in [6, 6.07) is 7.45. The number of hydrogen-bond acceptors (Lipinski definition) is 2. The summed E-state index contributed by atoms with van der Waals surface area (Å²) >= 11 is 0. The normalized spacial score (nSPS) is 17.2. The molecular weight excluding hydrogens is 256 g/mol. The monoisotopic (exact) mass is 276 g/mol. The summed E-state index contributed by atoms with van der Waals surface area (Å²) < 4.78 is 0. The van der Waals surface area contributed by atoms with E-state index in [1.807, 2.05) is 6.07 Å². The molecule has 20 heavy (non-hydrogen) atoms. The van der Waals surface area contributed by atoms with Crippen molar-refractivity contribution in [1.29, 1.82) is 0 Å². The van der Waals surface area contributed by atoms with Crippen LogP contribution >= 0.6 is 0 Å². The van der Waals surface area contributed by atoms with E-state index in [1.165, 1.54) is 6.42 Å². The first-order valence-corrected chi connectivity index (χ1v) is 7.01. The number of amides is 2. The topological polar surface area (TPSA) is 78.4 Å². The number of carbonyl (C=O) groups excluding carboxylic acids is 1. The van der Waals surface area contributed by atoms with Gasteiger partial charge in [0, 0.05) is 6.04 Å². The highest BCUT2D eigenvalue weighted by molar-refractivity contribution is 5.83. The number of carboxylic acid groups (broad SMARTS) is 1. The van der Waals surface area contributed by atoms with E-state index in [1.54, 1.807) is 24.3 Å². The molecule has 0 radical (unpaired) electrons. The van der Waals surface area contributed by atoms with E-state index in [0.29, 0.717) is 5.56 Å². The van der Waals surface area contributed by atoms with Gasteiger partial charge in [-0.05, 0) is 18.4 Å². The van der Waals surface area contributed by atoms with E-state index in [9.17, 15) is 14.7 Å². The third-order valence-electron chi connectivity index (χ3n) is 3.60. The quantitative estimate of drug-likeness (QED) is 0.790. The lowest BCUT2D eigenvalue weighted by atomic mass is 9.96. The van der Waals surface area contributed by atoms with Crippen molar-refractivity contribution in [1.82, 2.24) is 10.6 Å². The molecule has 1 aromatic carbocycles. The van der Waals surface area contributed by atoms with Gasteiger partial charge in [0.2, 0.25) is 0 Å². The standard InChI is InChI=1S/C15H20N2O3/c18-14(19)13(11-7-3-1-4-8-11)17-15(20)16-12-9-5-2-6-10-12/h1,3-4,7-8,12-13H,2,5-6,9-10H2,(H,18,19)(H2,16,17,20)/t13-/m0/s1. The smallest absolute Gasteiger partial charge is 0.330 e. The van der Waals surface area contributed by atoms with Crippen LogP contribution < -0.4 is 10.6 Å². The maximum absolute atomic E-state index is 11.9. The third-order valence-corrected chi connectivity index (χ3v) is 3.60. The molecular formula is C15H20N2O3. The number of urea groups is 1. The van der Waals surface area contributed by atoms with Gasteiger partial charge in [-0.1, -0.05) is 49.6 Å². The summed E-state index contributed by atoms with van der Waals surface area (Å²) in [7, 11) is 0. The average molecular weight is 276 g/mol. The summed E-state index contributed by atoms with van der Waals surface area (Å²) in [5.74, 6) is -1.06. The van der Waals surface area contributed by atoms with Gasteiger partial charge in [-0.15, -0.1) is 0 Å². The molecule has 0 aromatic heterocycles. The number of rotatable bonds is 4. The highest BCUT2D eigenvalue weighted by Gasteiger charge is 2.23. The van der Waals surface area contributed by atoms with Crippen molar-refractivity contribution in [3.8, 4) is 0 Å². The van der Waals surface area contributed by atoms with Gasteiger partial charge >= 0.3 is 12.0 Å². The first-order valence-electron chi connectivity index (χ1n) is 7.01. The van der Waals surface area contributed by atoms with Crippen molar-refractivity contribution in [2.75, 3.05) is 0 Å². The van der Waals surface area contributed by atoms with Crippen molar-refractivity contribution in [2.24, 2.45) is 0 Å². The van der Waals surface area contributed by atoms with E-state index >= 15 is 0 Å². The Hall–Kier alpha value is -2.04. The van der Waals surface area contributed by atoms with Crippen LogP contribution in [0.1, 0.15) is 43.7 Å². The number of aliphatic carboxylic acids is 1. The van der Waals surface area contributed by atoms with Crippen molar-refractivity contribution >= 4 is 12.0 Å². The van der Waals surface area contributed by atoms with Crippen LogP contribution in [-0.4, -0.2) is 23.1 Å². The predicted octanol–water partition coefficient (Wildman–Crippen LogP) is 2.44. The fourth-order valence-electron chi connectivity index (χ4n) is 2.54. The van der Waals surface area contributed by atoms with Crippen LogP contribution in [0.5, 0.6) is 0 Å². The van der Waals surface area contributed by atoms with Gasteiger partial charge in [0.05, 0.1) is 0 Å². The fourth-order valence-corrected chi connectivity index (χ4v) is 2.54. The Kier molecular flexibility index (Phi) is 4.98. The first-order chi connectivity index (χ1) is 9.66. The minimum absolute atomic E-state index is 0.161. The molecule has 0 unspecified atom stereocenters. The molecule has 0 spiro atoms. The van der Waals surface area contributed by atoms with Crippen LogP contribution in [0, 0.1) is 0 Å². The zero-order valence-electron chi connectivity index (χ0n) is 11.3. The molecule has 1 aliphatic rings. The van der Waals surface area contributed by atoms with Crippen molar-refractivity contribution in [3.05, 3.63) is 35.9 Å². The molecule has 1 fully saturated rings. The summed E-state index contributed by atoms with van der Waals surface area (Å²) in [4.78, 5) is 23.2. The fraction of sp³-hybridized carbons (Fsp3) is 0.467. The van der Waals surface area contributed by atoms with Gasteiger partial charge in [-0.2, -0.15) is 0 Å². The Morgan fingerprint density at radius 2 is 1.75 bits per heavy atom. The summed E-state index contributed by atoms with van der Waals surface area (Å²) in [5, 5.41) is 14.6. The van der Waals surface area contributed by atoms with Crippen LogP contribution in [0.2, 0.25) is 0 Å². The second kappa shape index (κ2) is 6.93. The molecule has 0 aliphatic heterocycles. The number of benzene rings is 1. The second-order valence-corrected chi connectivity index (χ2v) is 5.13. The van der Waals surface area contributed by atoms with Crippen LogP contribution in [0.15, 0.2) is 30.3 Å². The van der Waals surface area contributed by atoms with E-state index in [2.05, 4.69) is 10.6 Å². The second-order valence-electron chi connectivity index (χ2n) is 5.13. The largest absolute Gasteiger partial charge is 0.479 e. The molecule has 108 valence electrons. The third kappa shape index (κ3) is 3.98. The van der Waals surface area contributed by atoms with E-state index in [-0.39, 0.29) is 6.04 Å². The maximum Gasteiger partial charge on any atom is 0.330 e. The van der Waals surface area contributed by atoms with Gasteiger partial charge in [-0.25, -0.2) is 9.59 Å². The molecule has 2 rings (SSSR count). The number of nitrogens with one attached hydrogen (secondary N) is 2. The zero-order valence-corrected chi connectivity index (χ0v) is 11.3. The van der Waals surface area contributed by atoms with Gasteiger partial charge in [0.25, 0.3) is 0 Å². The average Bonchev–Trinajstić information content (AvgIpc) is 2.46. The van der Waals surface area contributed by atoms with Crippen LogP contribution in [-0.2, 0) is 4.79 Å². The molecule has 0 saturated heterocycles. The van der Waals surface area contributed by atoms with Crippen molar-refractivity contribution in [2.45, 2.75) is 44.2 Å². The maximum atomic E-state index is 11.9. The minimum Gasteiger partial charge on any atom is -0.479 e. The van der Waals surface area contributed by atoms with Gasteiger partial charge in [0.1, 0.15) is 0 Å². The Balaban J connectivity index is 1.94. The van der Waals surface area contributed by atoms with E-state index in [4.69, 9.17) is 0 Å². The summed E-state index contributed by atoms with van der Waals surface area (Å²) in [5.41, 5.74) is 0.568. The molecule has 5 heteroatoms. The lowest BCUT2D eigenvalue weighted by molar-refractivity contribution is -0.139. The van der Waals surface area contributed by atoms with Crippen LogP contribution in [0.25, 0.3) is 0 Å². The molecule has 1 atom stereocenters. The molecule has 0 bridgehead atoms. The summed E-state index contributed by atoms with van der Waals surface area (Å²) in [6.45, 7) is 0. The summed E-state index contributed by atoms with van der Waals surface area (Å²) in [6.07, 6.45) is 5.38. The highest BCUT2D eigenvalue weighted by atomic mass is 16.4. The van der Waals surface area contributed by atoms with E-state index in [0.717, 1.165) is 25.7 Å². The van der Waals surface area contributed by atoms with Crippen molar-refractivity contribution in [3.63, 3.8) is 0 Å². The highest BCUT2D eigenvalue weighted by Crippen LogP contribution is 2.18. The minimum atomic E-state index is -1.06. The van der Waals surface area contributed by atoms with E-state index < -0.39 is 18.0 Å². The number of carboxylic acids is 1. The molecule has 1 aromatic rings. The lowest BCUT2D eigenvalue weighted by Gasteiger charge is -2.24. The molecule has 0 heterocycles. The number of hydrogen-bond donors (Lipinski definition) is 3. The molecule has 3 N–H and O–H groups in total. The predicted molar refractivity (Wildman–Crippen MR) is 75.4 cm³/mol. The van der Waals surface area contributed by atoms with Crippen LogP contribution in [0.4, 0.5) is 4.79 Å². The molecule has 5 nitrogen and oxygen atoms in total. The number of carbonyl (C=O) groups is 2. The SMILES string of the molecule is O=C(NC1CCCCC1)N[C@H](C(=O)O)c1ccccc1. The Morgan fingerprint density at radius 1 is 1.10 bits per heavy atom. The first kappa shape index (κ1) is 14.4. The van der Waals surface area contributed by atoms with Crippen LogP contribution in [0.3, 0.4) is 0 Å². The van der Waals surface area contributed by atoms with Crippen molar-refractivity contribution < 1.29 is 14.7 Å². The lowest BCUT2D eigenvalue weighted by Crippen LogP contribution is -2.45. The molecule has 1 saturated carbocycles. The van der Waals surface area contributed by atoms with Gasteiger partial charge in [-0.3, -0.25) is 0 Å². The Bertz CT molecular complexity index is 455. The van der Waals surface area contributed by atoms with Gasteiger partial charge < -0.3 is 15.7 Å². The molecule has 2 amide bonds.